The van der Waals surface area contributed by atoms with Gasteiger partial charge in [0.25, 0.3) is 0 Å². The van der Waals surface area contributed by atoms with E-state index in [1.807, 2.05) is 0 Å². The van der Waals surface area contributed by atoms with Crippen molar-refractivity contribution in [1.29, 1.82) is 0 Å². The molecular formula is C14H17ClO5S. The quantitative estimate of drug-likeness (QED) is 0.894. The van der Waals surface area contributed by atoms with Crippen LogP contribution < -0.4 is 0 Å². The van der Waals surface area contributed by atoms with Crippen LogP contribution in [0.1, 0.15) is 12.8 Å². The van der Waals surface area contributed by atoms with Crippen LogP contribution in [0.3, 0.4) is 0 Å². The number of hydrogen-bond acceptors (Lipinski definition) is 4. The van der Waals surface area contributed by atoms with Gasteiger partial charge in [-0.1, -0.05) is 23.7 Å². The van der Waals surface area contributed by atoms with E-state index in [0.29, 0.717) is 0 Å². The first kappa shape index (κ1) is 16.3. The number of benzene rings is 1. The van der Waals surface area contributed by atoms with E-state index in [-0.39, 0.29) is 35.3 Å². The summed E-state index contributed by atoms with van der Waals surface area (Å²) in [6, 6.07) is 6.24. The van der Waals surface area contributed by atoms with Crippen LogP contribution >= 0.6 is 11.6 Å². The maximum absolute atomic E-state index is 12.7. The van der Waals surface area contributed by atoms with E-state index in [1.165, 1.54) is 19.2 Å². The second-order valence-electron chi connectivity index (χ2n) is 5.23. The minimum absolute atomic E-state index is 0.0684. The summed E-state index contributed by atoms with van der Waals surface area (Å²) in [5.74, 6) is -1.98. The van der Waals surface area contributed by atoms with Crippen molar-refractivity contribution in [3.8, 4) is 0 Å². The number of rotatable bonds is 5. The first-order valence-electron chi connectivity index (χ1n) is 6.58. The van der Waals surface area contributed by atoms with Crippen molar-refractivity contribution in [3.63, 3.8) is 0 Å². The molecule has 7 heteroatoms. The molecule has 0 aliphatic heterocycles. The Kier molecular flexibility index (Phi) is 4.91. The van der Waals surface area contributed by atoms with E-state index < -0.39 is 27.0 Å². The van der Waals surface area contributed by atoms with Crippen molar-refractivity contribution in [2.24, 2.45) is 11.8 Å². The zero-order valence-electron chi connectivity index (χ0n) is 11.5. The zero-order chi connectivity index (χ0) is 15.6. The highest BCUT2D eigenvalue weighted by molar-refractivity contribution is 7.92. The summed E-state index contributed by atoms with van der Waals surface area (Å²) < 4.78 is 30.3. The summed E-state index contributed by atoms with van der Waals surface area (Å²) in [7, 11) is -2.16. The van der Waals surface area contributed by atoms with Gasteiger partial charge < -0.3 is 9.84 Å². The summed E-state index contributed by atoms with van der Waals surface area (Å²) in [6.07, 6.45) is 0.370. The van der Waals surface area contributed by atoms with E-state index in [0.717, 1.165) is 0 Å². The number of carboxylic acids is 1. The first-order chi connectivity index (χ1) is 9.87. The maximum Gasteiger partial charge on any atom is 0.306 e. The third-order valence-corrected chi connectivity index (χ3v) is 6.60. The van der Waals surface area contributed by atoms with E-state index in [2.05, 4.69) is 0 Å². The molecule has 5 nitrogen and oxygen atoms in total. The molecule has 0 saturated heterocycles. The number of aliphatic carboxylic acids is 1. The Morgan fingerprint density at radius 1 is 1.38 bits per heavy atom. The predicted octanol–water partition coefficient (Wildman–Crippen LogP) is 2.24. The number of hydrogen-bond donors (Lipinski definition) is 1. The highest BCUT2D eigenvalue weighted by Crippen LogP contribution is 2.39. The van der Waals surface area contributed by atoms with E-state index >= 15 is 0 Å². The SMILES string of the molecule is COC[C@@H]1C[C@@H](S(=O)(=O)c2ccccc2Cl)C[C@H]1C(=O)O. The molecule has 1 aromatic rings. The lowest BCUT2D eigenvalue weighted by Gasteiger charge is -2.13. The Morgan fingerprint density at radius 2 is 2.05 bits per heavy atom. The molecule has 1 aromatic carbocycles. The topological polar surface area (TPSA) is 80.7 Å². The van der Waals surface area contributed by atoms with Gasteiger partial charge in [0.15, 0.2) is 9.84 Å². The average molecular weight is 333 g/mol. The molecule has 0 amide bonds. The predicted molar refractivity (Wildman–Crippen MR) is 78.2 cm³/mol. The van der Waals surface area contributed by atoms with Crippen LogP contribution in [0.15, 0.2) is 29.2 Å². The lowest BCUT2D eigenvalue weighted by molar-refractivity contribution is -0.143. The molecule has 0 heterocycles. The van der Waals surface area contributed by atoms with Gasteiger partial charge in [0.05, 0.1) is 21.1 Å². The van der Waals surface area contributed by atoms with E-state index in [9.17, 15) is 18.3 Å². The normalized spacial score (nSPS) is 25.9. The Labute approximate surface area is 128 Å². The van der Waals surface area contributed by atoms with Crippen molar-refractivity contribution in [2.45, 2.75) is 23.0 Å². The molecular weight excluding hydrogens is 316 g/mol. The van der Waals surface area contributed by atoms with Gasteiger partial charge in [-0.3, -0.25) is 4.79 Å². The molecule has 0 unspecified atom stereocenters. The summed E-state index contributed by atoms with van der Waals surface area (Å²) >= 11 is 5.96. The Bertz CT molecular complexity index is 628. The number of halogens is 1. The van der Waals surface area contributed by atoms with Crippen LogP contribution in [0.4, 0.5) is 0 Å². The van der Waals surface area contributed by atoms with Gasteiger partial charge in [0, 0.05) is 13.7 Å². The van der Waals surface area contributed by atoms with Crippen LogP contribution in [0.2, 0.25) is 5.02 Å². The number of ether oxygens (including phenoxy) is 1. The molecule has 1 saturated carbocycles. The van der Waals surface area contributed by atoms with Gasteiger partial charge in [-0.15, -0.1) is 0 Å². The third-order valence-electron chi connectivity index (χ3n) is 3.93. The molecule has 1 aliphatic rings. The van der Waals surface area contributed by atoms with Gasteiger partial charge in [0.2, 0.25) is 0 Å². The van der Waals surface area contributed by atoms with Crippen LogP contribution in [-0.4, -0.2) is 38.5 Å². The minimum Gasteiger partial charge on any atom is -0.481 e. The van der Waals surface area contributed by atoms with E-state index in [4.69, 9.17) is 16.3 Å². The Hall–Kier alpha value is -1.11. The van der Waals surface area contributed by atoms with Crippen LogP contribution in [0.5, 0.6) is 0 Å². The first-order valence-corrected chi connectivity index (χ1v) is 8.50. The van der Waals surface area contributed by atoms with Crippen LogP contribution in [0.25, 0.3) is 0 Å². The molecule has 1 N–H and O–H groups in total. The largest absolute Gasteiger partial charge is 0.481 e. The lowest BCUT2D eigenvalue weighted by Crippen LogP contribution is -2.21. The number of carbonyl (C=O) groups is 1. The summed E-state index contributed by atoms with van der Waals surface area (Å²) in [4.78, 5) is 11.4. The second-order valence-corrected chi connectivity index (χ2v) is 7.83. The number of sulfone groups is 1. The van der Waals surface area contributed by atoms with Crippen LogP contribution in [0, 0.1) is 11.8 Å². The maximum atomic E-state index is 12.7. The fraction of sp³-hybridized carbons (Fsp3) is 0.500. The smallest absolute Gasteiger partial charge is 0.306 e. The number of methoxy groups -OCH3 is 1. The standard InChI is InChI=1S/C14H17ClO5S/c1-20-8-9-6-10(7-11(9)14(16)17)21(18,19)13-5-3-2-4-12(13)15/h2-5,9-11H,6-8H2,1H3,(H,16,17)/t9-,10+,11+/m0/s1. The molecule has 0 aromatic heterocycles. The Morgan fingerprint density at radius 3 is 2.62 bits per heavy atom. The lowest BCUT2D eigenvalue weighted by atomic mass is 9.97. The fourth-order valence-electron chi connectivity index (χ4n) is 2.88. The van der Waals surface area contributed by atoms with Crippen molar-refractivity contribution >= 4 is 27.4 Å². The summed E-state index contributed by atoms with van der Waals surface area (Å²) in [5, 5.41) is 8.67. The molecule has 3 atom stereocenters. The monoisotopic (exact) mass is 332 g/mol. The van der Waals surface area contributed by atoms with Crippen molar-refractivity contribution in [3.05, 3.63) is 29.3 Å². The summed E-state index contributed by atoms with van der Waals surface area (Å²) in [6.45, 7) is 0.242. The van der Waals surface area contributed by atoms with Gasteiger partial charge in [-0.2, -0.15) is 0 Å². The van der Waals surface area contributed by atoms with Gasteiger partial charge >= 0.3 is 5.97 Å². The molecule has 0 spiro atoms. The number of carboxylic acid groups (broad SMARTS) is 1. The molecule has 116 valence electrons. The van der Waals surface area contributed by atoms with E-state index in [1.54, 1.807) is 12.1 Å². The summed E-state index contributed by atoms with van der Waals surface area (Å²) in [5.41, 5.74) is 0. The Balaban J connectivity index is 2.30. The highest BCUT2D eigenvalue weighted by Gasteiger charge is 2.45. The molecule has 0 bridgehead atoms. The zero-order valence-corrected chi connectivity index (χ0v) is 13.1. The van der Waals surface area contributed by atoms with Crippen LogP contribution in [-0.2, 0) is 19.4 Å². The van der Waals surface area contributed by atoms with Gasteiger partial charge in [-0.05, 0) is 30.9 Å². The molecule has 0 radical (unpaired) electrons. The van der Waals surface area contributed by atoms with Gasteiger partial charge in [0.1, 0.15) is 0 Å². The molecule has 2 rings (SSSR count). The van der Waals surface area contributed by atoms with Gasteiger partial charge in [-0.25, -0.2) is 8.42 Å². The average Bonchev–Trinajstić information content (AvgIpc) is 2.84. The van der Waals surface area contributed by atoms with Crippen molar-refractivity contribution < 1.29 is 23.1 Å². The third kappa shape index (κ3) is 3.22. The molecule has 1 aliphatic carbocycles. The highest BCUT2D eigenvalue weighted by atomic mass is 35.5. The minimum atomic E-state index is -3.64. The second kappa shape index (κ2) is 6.34. The van der Waals surface area contributed by atoms with Crippen molar-refractivity contribution in [2.75, 3.05) is 13.7 Å². The molecule has 21 heavy (non-hydrogen) atoms. The fourth-order valence-corrected chi connectivity index (χ4v) is 5.27. The molecule has 1 fully saturated rings. The van der Waals surface area contributed by atoms with Crippen molar-refractivity contribution in [1.82, 2.24) is 0 Å².